The van der Waals surface area contributed by atoms with Crippen molar-refractivity contribution in [3.63, 3.8) is 0 Å². The minimum atomic E-state index is -3.29. The molecule has 1 saturated heterocycles. The molecule has 9 nitrogen and oxygen atoms in total. The number of carbonyl (C=O) groups is 1. The molecule has 3 heterocycles. The lowest BCUT2D eigenvalue weighted by Crippen LogP contribution is -2.50. The normalized spacial score (nSPS) is 21.3. The third-order valence-corrected chi connectivity index (χ3v) is 11.2. The van der Waals surface area contributed by atoms with Crippen LogP contribution in [-0.2, 0) is 10.0 Å². The van der Waals surface area contributed by atoms with Gasteiger partial charge in [-0.15, -0.1) is 0 Å². The number of piperidine rings is 1. The quantitative estimate of drug-likeness (QED) is 0.284. The highest BCUT2D eigenvalue weighted by molar-refractivity contribution is 7.89. The third-order valence-electron chi connectivity index (χ3n) is 9.71. The Balaban J connectivity index is 1.30. The Hall–Kier alpha value is -3.09. The number of hydrogen-bond donors (Lipinski definition) is 2. The molecule has 1 aromatic carbocycles. The second kappa shape index (κ2) is 13.9. The summed E-state index contributed by atoms with van der Waals surface area (Å²) in [6.45, 7) is 11.7. The van der Waals surface area contributed by atoms with Crippen LogP contribution in [0.15, 0.2) is 36.7 Å². The van der Waals surface area contributed by atoms with E-state index >= 15 is 4.39 Å². The molecule has 0 spiro atoms. The minimum absolute atomic E-state index is 0.0315. The van der Waals surface area contributed by atoms with E-state index in [4.69, 9.17) is 0 Å². The van der Waals surface area contributed by atoms with Crippen LogP contribution in [-0.4, -0.2) is 84.3 Å². The third kappa shape index (κ3) is 7.55. The monoisotopic (exact) mass is 658 g/mol. The van der Waals surface area contributed by atoms with Crippen LogP contribution in [0.25, 0.3) is 16.6 Å². The molecule has 3 aromatic rings. The Morgan fingerprint density at radius 2 is 1.78 bits per heavy atom. The van der Waals surface area contributed by atoms with Gasteiger partial charge in [-0.2, -0.15) is 0 Å². The SMILES string of the molecule is CCN(C(=O)c1cc(F)ccc1-c1cc(N2CCC(NCC3(F)CCC(NS(=O)(=O)CC)CC3)CC2)cn2c(C)ncc12)C(C)C. The zero-order valence-electron chi connectivity index (χ0n) is 27.7. The lowest BCUT2D eigenvalue weighted by atomic mass is 9.83. The van der Waals surface area contributed by atoms with Gasteiger partial charge in [-0.3, -0.25) is 4.79 Å². The maximum Gasteiger partial charge on any atom is 0.254 e. The molecule has 0 radical (unpaired) electrons. The van der Waals surface area contributed by atoms with Crippen LogP contribution in [0.4, 0.5) is 14.5 Å². The fourth-order valence-electron chi connectivity index (χ4n) is 6.86. The van der Waals surface area contributed by atoms with Gasteiger partial charge in [0.25, 0.3) is 5.91 Å². The second-order valence-electron chi connectivity index (χ2n) is 13.1. The first-order valence-corrected chi connectivity index (χ1v) is 18.2. The molecule has 2 fully saturated rings. The lowest BCUT2D eigenvalue weighted by Gasteiger charge is -2.38. The molecule has 1 amide bonds. The van der Waals surface area contributed by atoms with Crippen molar-refractivity contribution in [3.8, 4) is 11.1 Å². The number of halogens is 2. The van der Waals surface area contributed by atoms with E-state index in [2.05, 4.69) is 32.2 Å². The molecular formula is C34H48F2N6O3S. The van der Waals surface area contributed by atoms with Gasteiger partial charge in [0, 0.05) is 56.1 Å². The summed E-state index contributed by atoms with van der Waals surface area (Å²) < 4.78 is 58.7. The van der Waals surface area contributed by atoms with Crippen molar-refractivity contribution < 1.29 is 22.0 Å². The van der Waals surface area contributed by atoms with Gasteiger partial charge in [-0.25, -0.2) is 26.9 Å². The first kappa shape index (κ1) is 34.3. The molecule has 0 unspecified atom stereocenters. The summed E-state index contributed by atoms with van der Waals surface area (Å²) in [5.74, 6) is 0.181. The number of sulfonamides is 1. The minimum Gasteiger partial charge on any atom is -0.370 e. The Morgan fingerprint density at radius 1 is 1.09 bits per heavy atom. The number of aromatic nitrogens is 2. The fourth-order valence-corrected chi connectivity index (χ4v) is 7.77. The predicted molar refractivity (Wildman–Crippen MR) is 179 cm³/mol. The summed E-state index contributed by atoms with van der Waals surface area (Å²) >= 11 is 0. The number of pyridine rings is 1. The predicted octanol–water partition coefficient (Wildman–Crippen LogP) is 5.47. The molecule has 1 aliphatic carbocycles. The van der Waals surface area contributed by atoms with E-state index < -0.39 is 21.5 Å². The number of anilines is 1. The van der Waals surface area contributed by atoms with Crippen LogP contribution in [0.2, 0.25) is 0 Å². The van der Waals surface area contributed by atoms with E-state index in [1.165, 1.54) is 12.1 Å². The van der Waals surface area contributed by atoms with Gasteiger partial charge in [-0.1, -0.05) is 6.07 Å². The van der Waals surface area contributed by atoms with Crippen LogP contribution in [0.3, 0.4) is 0 Å². The van der Waals surface area contributed by atoms with Crippen molar-refractivity contribution >= 4 is 27.1 Å². The molecular weight excluding hydrogens is 610 g/mol. The highest BCUT2D eigenvalue weighted by Gasteiger charge is 2.37. The van der Waals surface area contributed by atoms with Gasteiger partial charge in [-0.05, 0) is 96.9 Å². The molecule has 12 heteroatoms. The number of benzene rings is 1. The number of fused-ring (bicyclic) bond motifs is 1. The molecule has 5 rings (SSSR count). The number of nitrogens with zero attached hydrogens (tertiary/aromatic N) is 4. The first-order chi connectivity index (χ1) is 21.8. The molecule has 2 N–H and O–H groups in total. The molecule has 2 aliphatic rings. The average molecular weight is 659 g/mol. The maximum atomic E-state index is 15.6. The van der Waals surface area contributed by atoms with Crippen molar-refractivity contribution in [1.82, 2.24) is 24.3 Å². The number of hydrogen-bond acceptors (Lipinski definition) is 6. The van der Waals surface area contributed by atoms with E-state index in [1.807, 2.05) is 32.1 Å². The van der Waals surface area contributed by atoms with Crippen molar-refractivity contribution in [2.45, 2.75) is 96.9 Å². The van der Waals surface area contributed by atoms with Gasteiger partial charge in [0.2, 0.25) is 10.0 Å². The fraction of sp³-hybridized carbons (Fsp3) is 0.588. The van der Waals surface area contributed by atoms with Crippen LogP contribution in [0.1, 0.15) is 82.4 Å². The van der Waals surface area contributed by atoms with Crippen molar-refractivity contribution in [2.75, 3.05) is 36.8 Å². The Labute approximate surface area is 271 Å². The van der Waals surface area contributed by atoms with Crippen LogP contribution in [0.5, 0.6) is 0 Å². The summed E-state index contributed by atoms with van der Waals surface area (Å²) in [4.78, 5) is 22.3. The topological polar surface area (TPSA) is 99.0 Å². The number of imidazole rings is 1. The summed E-state index contributed by atoms with van der Waals surface area (Å²) in [7, 11) is -3.29. The van der Waals surface area contributed by atoms with E-state index in [0.29, 0.717) is 43.4 Å². The number of rotatable bonds is 11. The lowest BCUT2D eigenvalue weighted by molar-refractivity contribution is 0.0717. The largest absolute Gasteiger partial charge is 0.370 e. The second-order valence-corrected chi connectivity index (χ2v) is 15.2. The molecule has 0 bridgehead atoms. The number of carbonyl (C=O) groups excluding carboxylic acids is 1. The number of nitrogens with one attached hydrogen (secondary N) is 2. The number of alkyl halides is 1. The molecule has 46 heavy (non-hydrogen) atoms. The van der Waals surface area contributed by atoms with Crippen molar-refractivity contribution in [1.29, 1.82) is 0 Å². The van der Waals surface area contributed by atoms with Crippen LogP contribution >= 0.6 is 0 Å². The summed E-state index contributed by atoms with van der Waals surface area (Å²) in [6, 6.07) is 6.44. The Bertz CT molecular complexity index is 1640. The summed E-state index contributed by atoms with van der Waals surface area (Å²) in [6.07, 6.45) is 7.22. The molecule has 1 saturated carbocycles. The summed E-state index contributed by atoms with van der Waals surface area (Å²) in [5, 5.41) is 3.47. The van der Waals surface area contributed by atoms with E-state index in [1.54, 1.807) is 24.1 Å². The van der Waals surface area contributed by atoms with Gasteiger partial charge >= 0.3 is 0 Å². The van der Waals surface area contributed by atoms with Gasteiger partial charge in [0.05, 0.1) is 28.7 Å². The van der Waals surface area contributed by atoms with Gasteiger partial charge < -0.3 is 19.5 Å². The zero-order chi connectivity index (χ0) is 33.2. The van der Waals surface area contributed by atoms with Crippen molar-refractivity contribution in [3.05, 3.63) is 53.9 Å². The van der Waals surface area contributed by atoms with Crippen LogP contribution in [0, 0.1) is 12.7 Å². The molecule has 0 atom stereocenters. The van der Waals surface area contributed by atoms with E-state index in [-0.39, 0.29) is 36.3 Å². The van der Waals surface area contributed by atoms with E-state index in [0.717, 1.165) is 48.5 Å². The highest BCUT2D eigenvalue weighted by atomic mass is 32.2. The Kier molecular flexibility index (Phi) is 10.4. The van der Waals surface area contributed by atoms with E-state index in [9.17, 15) is 17.6 Å². The first-order valence-electron chi connectivity index (χ1n) is 16.6. The highest BCUT2D eigenvalue weighted by Crippen LogP contribution is 2.35. The summed E-state index contributed by atoms with van der Waals surface area (Å²) in [5.41, 5.74) is 2.30. The standard InChI is InChI=1S/C34H48F2N6O3S/c1-6-41(23(3)4)33(43)31-18-25(35)8-9-29(31)30-19-28(21-42-24(5)37-20-32(30)42)40-16-12-26(13-17-40)38-22-34(36)14-10-27(11-15-34)39-46(44,45)7-2/h8-9,18-21,23,26-27,38-39H,6-7,10-17,22H2,1-5H3. The average Bonchev–Trinajstić information content (AvgIpc) is 3.41. The Morgan fingerprint density at radius 3 is 2.41 bits per heavy atom. The maximum absolute atomic E-state index is 15.6. The molecule has 2 aromatic heterocycles. The molecule has 252 valence electrons. The van der Waals surface area contributed by atoms with Gasteiger partial charge in [0.15, 0.2) is 0 Å². The zero-order valence-corrected chi connectivity index (χ0v) is 28.5. The van der Waals surface area contributed by atoms with Crippen molar-refractivity contribution in [2.24, 2.45) is 0 Å². The number of amides is 1. The number of aryl methyl sites for hydroxylation is 1. The van der Waals surface area contributed by atoms with Crippen LogP contribution < -0.4 is 14.9 Å². The molecule has 1 aliphatic heterocycles. The smallest absolute Gasteiger partial charge is 0.254 e. The van der Waals surface area contributed by atoms with Gasteiger partial charge in [0.1, 0.15) is 17.3 Å².